The molecule has 32 heavy (non-hydrogen) atoms. The maximum atomic E-state index is 13.4. The molecule has 4 fully saturated rings. The molecule has 0 aliphatic carbocycles. The molecular weight excluding hydrogens is 516 g/mol. The summed E-state index contributed by atoms with van der Waals surface area (Å²) < 4.78 is 12.1. The van der Waals surface area contributed by atoms with Crippen molar-refractivity contribution in [3.8, 4) is 0 Å². The molecule has 6 nitrogen and oxygen atoms in total. The molecule has 0 aromatic rings. The summed E-state index contributed by atoms with van der Waals surface area (Å²) in [5, 5.41) is 14.2. The predicted octanol–water partition coefficient (Wildman–Crippen LogP) is 3.97. The number of piperidine rings is 1. The van der Waals surface area contributed by atoms with Gasteiger partial charge in [0.2, 0.25) is 5.91 Å². The van der Waals surface area contributed by atoms with Gasteiger partial charge in [-0.3, -0.25) is 4.79 Å². The minimum absolute atomic E-state index is 0.0433. The number of aliphatic hydroxyl groups is 1. The van der Waals surface area contributed by atoms with E-state index in [1.54, 1.807) is 0 Å². The Bertz CT molecular complexity index is 611. The number of amides is 1. The number of nitrogens with one attached hydrogen (secondary N) is 1. The van der Waals surface area contributed by atoms with E-state index in [9.17, 15) is 9.90 Å². The van der Waals surface area contributed by atoms with Crippen LogP contribution in [0.15, 0.2) is 0 Å². The van der Waals surface area contributed by atoms with E-state index in [0.29, 0.717) is 12.3 Å². The molecule has 9 heteroatoms. The van der Waals surface area contributed by atoms with Crippen LogP contribution < -0.4 is 5.32 Å². The molecule has 4 rings (SSSR count). The summed E-state index contributed by atoms with van der Waals surface area (Å²) in [5.41, 5.74) is -0.364. The van der Waals surface area contributed by atoms with Crippen LogP contribution in [-0.2, 0) is 14.3 Å². The van der Waals surface area contributed by atoms with Gasteiger partial charge in [0.25, 0.3) is 0 Å². The quantitative estimate of drug-likeness (QED) is 0.281. The number of hydrogen-bond acceptors (Lipinski definition) is 6. The SMILES string of the molecule is CCC1CC(C(=O)NC(C(C)Cl)C23CC(O2)[C@H](O)[C@@H](SC)O3)CN(CCCCCCBr)C1. The number of aliphatic hydroxyl groups excluding tert-OH is 1. The number of fused-ring (bicyclic) bond motifs is 2. The minimum atomic E-state index is -0.942. The molecule has 8 atom stereocenters. The highest BCUT2D eigenvalue weighted by molar-refractivity contribution is 9.09. The van der Waals surface area contributed by atoms with Gasteiger partial charge in [-0.15, -0.1) is 23.4 Å². The molecule has 1 amide bonds. The molecule has 4 saturated heterocycles. The Labute approximate surface area is 211 Å². The van der Waals surface area contributed by atoms with Crippen LogP contribution in [0.5, 0.6) is 0 Å². The molecule has 0 saturated carbocycles. The Morgan fingerprint density at radius 1 is 1.31 bits per heavy atom. The molecule has 2 N–H and O–H groups in total. The van der Waals surface area contributed by atoms with Crippen LogP contribution >= 0.6 is 39.3 Å². The van der Waals surface area contributed by atoms with Gasteiger partial charge >= 0.3 is 0 Å². The minimum Gasteiger partial charge on any atom is -0.387 e. The number of ether oxygens (including phenoxy) is 2. The number of carbonyl (C=O) groups is 1. The second-order valence-electron chi connectivity index (χ2n) is 9.62. The average molecular weight is 556 g/mol. The maximum Gasteiger partial charge on any atom is 0.224 e. The summed E-state index contributed by atoms with van der Waals surface area (Å²) in [6.07, 6.45) is 8.45. The van der Waals surface area contributed by atoms with Gasteiger partial charge in [0.05, 0.1) is 23.4 Å². The van der Waals surface area contributed by atoms with Gasteiger partial charge in [-0.2, -0.15) is 0 Å². The largest absolute Gasteiger partial charge is 0.387 e. The zero-order chi connectivity index (χ0) is 23.3. The second kappa shape index (κ2) is 12.4. The fourth-order valence-electron chi connectivity index (χ4n) is 5.30. The molecule has 4 aliphatic rings. The molecule has 0 aromatic heterocycles. The van der Waals surface area contributed by atoms with E-state index in [1.165, 1.54) is 37.4 Å². The van der Waals surface area contributed by atoms with E-state index in [4.69, 9.17) is 21.1 Å². The second-order valence-corrected chi connectivity index (χ2v) is 12.0. The number of alkyl halides is 2. The molecule has 2 bridgehead atoms. The van der Waals surface area contributed by atoms with Crippen molar-refractivity contribution in [1.82, 2.24) is 10.2 Å². The lowest BCUT2D eigenvalue weighted by Crippen LogP contribution is -2.75. The summed E-state index contributed by atoms with van der Waals surface area (Å²) >= 11 is 11.5. The maximum absolute atomic E-state index is 13.4. The molecule has 4 aliphatic heterocycles. The standard InChI is InChI=1S/C23H40BrClN2O4S/c1-4-16-11-17(14-27(13-16)10-8-6-5-7-9-24)21(29)26-20(15(2)25)23-12-18(30-23)19(28)22(31-23)32-3/h15-20,22,28H,4-14H2,1-3H3,(H,26,29)/t15?,16?,17?,18?,19-,20?,22+,23?/m0/s1. The lowest BCUT2D eigenvalue weighted by atomic mass is 9.84. The molecule has 0 spiro atoms. The van der Waals surface area contributed by atoms with Crippen molar-refractivity contribution in [1.29, 1.82) is 0 Å². The number of rotatable bonds is 12. The van der Waals surface area contributed by atoms with Crippen LogP contribution in [0.4, 0.5) is 0 Å². The van der Waals surface area contributed by atoms with Crippen LogP contribution in [0.3, 0.4) is 0 Å². The first-order chi connectivity index (χ1) is 15.3. The van der Waals surface area contributed by atoms with Crippen LogP contribution in [-0.4, -0.2) is 82.0 Å². The number of carbonyl (C=O) groups excluding carboxylic acids is 1. The molecule has 0 radical (unpaired) electrons. The van der Waals surface area contributed by atoms with Crippen LogP contribution in [0.1, 0.15) is 58.8 Å². The topological polar surface area (TPSA) is 71.0 Å². The van der Waals surface area contributed by atoms with Crippen LogP contribution in [0, 0.1) is 11.8 Å². The first-order valence-corrected chi connectivity index (χ1v) is 15.0. The Balaban J connectivity index is 1.59. The van der Waals surface area contributed by atoms with Gasteiger partial charge < -0.3 is 24.8 Å². The van der Waals surface area contributed by atoms with E-state index >= 15 is 0 Å². The van der Waals surface area contributed by atoms with Gasteiger partial charge in [-0.05, 0) is 44.9 Å². The fraction of sp³-hybridized carbons (Fsp3) is 0.957. The normalized spacial score (nSPS) is 36.9. The number of likely N-dealkylation sites (tertiary alicyclic amines) is 1. The third-order valence-corrected chi connectivity index (χ3v) is 8.85. The lowest BCUT2D eigenvalue weighted by Gasteiger charge is -2.59. The van der Waals surface area contributed by atoms with Crippen LogP contribution in [0.2, 0.25) is 0 Å². The molecule has 6 unspecified atom stereocenters. The van der Waals surface area contributed by atoms with Crippen molar-refractivity contribution < 1.29 is 19.4 Å². The Morgan fingerprint density at radius 3 is 2.66 bits per heavy atom. The molecular formula is C23H40BrClN2O4S. The fourth-order valence-corrected chi connectivity index (χ4v) is 6.66. The number of nitrogens with zero attached hydrogens (tertiary/aromatic N) is 1. The summed E-state index contributed by atoms with van der Waals surface area (Å²) in [7, 11) is 0. The number of hydrogen-bond donors (Lipinski definition) is 2. The Kier molecular flexibility index (Phi) is 10.5. The van der Waals surface area contributed by atoms with E-state index in [-0.39, 0.29) is 28.7 Å². The van der Waals surface area contributed by atoms with Crippen LogP contribution in [0.25, 0.3) is 0 Å². The molecule has 186 valence electrons. The zero-order valence-corrected chi connectivity index (χ0v) is 22.8. The Hall–Kier alpha value is 0.430. The highest BCUT2D eigenvalue weighted by Gasteiger charge is 2.63. The van der Waals surface area contributed by atoms with Gasteiger partial charge in [-0.25, -0.2) is 0 Å². The zero-order valence-electron chi connectivity index (χ0n) is 19.6. The van der Waals surface area contributed by atoms with Crippen molar-refractivity contribution in [2.24, 2.45) is 11.8 Å². The third-order valence-electron chi connectivity index (χ3n) is 7.19. The monoisotopic (exact) mass is 554 g/mol. The van der Waals surface area contributed by atoms with Gasteiger partial charge in [0, 0.05) is 24.8 Å². The first-order valence-electron chi connectivity index (χ1n) is 12.1. The van der Waals surface area contributed by atoms with E-state index < -0.39 is 17.9 Å². The van der Waals surface area contributed by atoms with Crippen molar-refractivity contribution in [2.75, 3.05) is 31.2 Å². The van der Waals surface area contributed by atoms with Crippen molar-refractivity contribution >= 4 is 45.2 Å². The highest BCUT2D eigenvalue weighted by Crippen LogP contribution is 2.48. The van der Waals surface area contributed by atoms with E-state index in [1.807, 2.05) is 13.2 Å². The van der Waals surface area contributed by atoms with E-state index in [2.05, 4.69) is 33.1 Å². The number of thioether (sulfide) groups is 1. The first kappa shape index (κ1) is 27.0. The predicted molar refractivity (Wildman–Crippen MR) is 134 cm³/mol. The number of unbranched alkanes of at least 4 members (excludes halogenated alkanes) is 3. The van der Waals surface area contributed by atoms with Crippen molar-refractivity contribution in [3.63, 3.8) is 0 Å². The van der Waals surface area contributed by atoms with Gasteiger partial charge in [0.1, 0.15) is 11.5 Å². The molecule has 4 heterocycles. The van der Waals surface area contributed by atoms with Crippen molar-refractivity contribution in [3.05, 3.63) is 0 Å². The smallest absolute Gasteiger partial charge is 0.224 e. The summed E-state index contributed by atoms with van der Waals surface area (Å²) in [5.74, 6) is -0.408. The van der Waals surface area contributed by atoms with Gasteiger partial charge in [-0.1, -0.05) is 42.1 Å². The lowest BCUT2D eigenvalue weighted by molar-refractivity contribution is -0.417. The summed E-state index contributed by atoms with van der Waals surface area (Å²) in [6, 6.07) is -0.449. The highest BCUT2D eigenvalue weighted by atomic mass is 79.9. The molecule has 0 aromatic carbocycles. The Morgan fingerprint density at radius 2 is 2.03 bits per heavy atom. The summed E-state index contributed by atoms with van der Waals surface area (Å²) in [6.45, 7) is 7.03. The van der Waals surface area contributed by atoms with Crippen molar-refractivity contribution in [2.45, 2.75) is 93.6 Å². The average Bonchev–Trinajstić information content (AvgIpc) is 2.76. The van der Waals surface area contributed by atoms with E-state index in [0.717, 1.165) is 37.8 Å². The number of halogens is 2. The summed E-state index contributed by atoms with van der Waals surface area (Å²) in [4.78, 5) is 15.9. The van der Waals surface area contributed by atoms with Gasteiger partial charge in [0.15, 0.2) is 5.79 Å². The third kappa shape index (κ3) is 6.35.